The van der Waals surface area contributed by atoms with Crippen LogP contribution in [0.2, 0.25) is 0 Å². The number of carbonyl (C=O) groups is 1. The molecule has 1 aliphatic rings. The summed E-state index contributed by atoms with van der Waals surface area (Å²) >= 11 is 3.50. The zero-order valence-corrected chi connectivity index (χ0v) is 27.4. The van der Waals surface area contributed by atoms with Gasteiger partial charge in [-0.2, -0.15) is 0 Å². The van der Waals surface area contributed by atoms with Gasteiger partial charge in [-0.15, -0.1) is 0 Å². The number of azide groups is 1. The molecular formula is C35H35BrN6O5. The molecule has 0 unspecified atom stereocenters. The highest BCUT2D eigenvalue weighted by molar-refractivity contribution is 9.10. The Kier molecular flexibility index (Phi) is 11.5. The van der Waals surface area contributed by atoms with Gasteiger partial charge in [-0.1, -0.05) is 75.6 Å². The lowest BCUT2D eigenvalue weighted by molar-refractivity contribution is -0.130. The van der Waals surface area contributed by atoms with Gasteiger partial charge in [0.1, 0.15) is 11.5 Å². The van der Waals surface area contributed by atoms with E-state index in [1.807, 2.05) is 84.9 Å². The number of aliphatic imine (C=N–C) groups is 1. The van der Waals surface area contributed by atoms with Gasteiger partial charge in [0.05, 0.1) is 20.3 Å². The van der Waals surface area contributed by atoms with Crippen LogP contribution in [0.25, 0.3) is 10.4 Å². The largest absolute Gasteiger partial charge is 0.496 e. The van der Waals surface area contributed by atoms with E-state index in [1.165, 1.54) is 0 Å². The summed E-state index contributed by atoms with van der Waals surface area (Å²) in [5.74, 6) is 1.21. The van der Waals surface area contributed by atoms with Crippen molar-refractivity contribution in [3.05, 3.63) is 140 Å². The highest BCUT2D eigenvalue weighted by atomic mass is 79.9. The van der Waals surface area contributed by atoms with Crippen LogP contribution >= 0.6 is 15.9 Å². The summed E-state index contributed by atoms with van der Waals surface area (Å²) < 4.78 is 18.7. The normalized spacial score (nSPS) is 16.8. The number of aliphatic hydroxyl groups excluding tert-OH is 1. The van der Waals surface area contributed by atoms with Gasteiger partial charge in [0.25, 0.3) is 5.91 Å². The lowest BCUT2D eigenvalue weighted by atomic mass is 9.81. The number of nitrogens with one attached hydrogen (secondary N) is 2. The zero-order valence-electron chi connectivity index (χ0n) is 25.8. The van der Waals surface area contributed by atoms with Gasteiger partial charge >= 0.3 is 0 Å². The van der Waals surface area contributed by atoms with Crippen LogP contribution < -0.4 is 20.3 Å². The number of halogens is 1. The van der Waals surface area contributed by atoms with E-state index >= 15 is 0 Å². The molecule has 12 heteroatoms. The third-order valence-electron chi connectivity index (χ3n) is 7.73. The quantitative estimate of drug-likeness (QED) is 0.0433. The number of aliphatic hydroxyl groups is 1. The maximum atomic E-state index is 14.5. The summed E-state index contributed by atoms with van der Waals surface area (Å²) in [6, 6.07) is 29.9. The molecule has 0 saturated heterocycles. The Balaban J connectivity index is 1.56. The van der Waals surface area contributed by atoms with Crippen molar-refractivity contribution in [2.24, 2.45) is 10.1 Å². The summed E-state index contributed by atoms with van der Waals surface area (Å²) in [4.78, 5) is 22.6. The van der Waals surface area contributed by atoms with Crippen LogP contribution in [0, 0.1) is 0 Å². The van der Waals surface area contributed by atoms with Gasteiger partial charge in [-0.25, -0.2) is 10.4 Å². The Bertz CT molecular complexity index is 1740. The van der Waals surface area contributed by atoms with Gasteiger partial charge in [0.2, 0.25) is 5.90 Å². The predicted molar refractivity (Wildman–Crippen MR) is 182 cm³/mol. The number of methoxy groups -OCH3 is 1. The van der Waals surface area contributed by atoms with Crippen molar-refractivity contribution >= 4 is 27.7 Å². The lowest BCUT2D eigenvalue weighted by Crippen LogP contribution is -2.53. The molecule has 47 heavy (non-hydrogen) atoms. The van der Waals surface area contributed by atoms with Crippen LogP contribution in [0.5, 0.6) is 11.5 Å². The molecule has 1 amide bonds. The number of hydrogen-bond donors (Lipinski definition) is 3. The van der Waals surface area contributed by atoms with E-state index in [4.69, 9.17) is 29.8 Å². The molecular weight excluding hydrogens is 664 g/mol. The Morgan fingerprint density at radius 3 is 2.49 bits per heavy atom. The van der Waals surface area contributed by atoms with Crippen LogP contribution in [0.15, 0.2) is 112 Å². The highest BCUT2D eigenvalue weighted by Gasteiger charge is 2.54. The fourth-order valence-corrected chi connectivity index (χ4v) is 5.66. The molecule has 2 atom stereocenters. The van der Waals surface area contributed by atoms with Crippen LogP contribution in [0.1, 0.15) is 40.3 Å². The number of benzene rings is 4. The molecule has 4 aromatic carbocycles. The van der Waals surface area contributed by atoms with Crippen molar-refractivity contribution in [3.8, 4) is 11.5 Å². The number of para-hydroxylation sites is 1. The molecule has 3 N–H and O–H groups in total. The number of hydrazine groups is 1. The van der Waals surface area contributed by atoms with Gasteiger partial charge in [0.15, 0.2) is 11.6 Å². The first-order chi connectivity index (χ1) is 23.0. The second kappa shape index (κ2) is 16.1. The molecule has 11 nitrogen and oxygen atoms in total. The Hall–Kier alpha value is -4.87. The van der Waals surface area contributed by atoms with Crippen molar-refractivity contribution in [1.29, 1.82) is 0 Å². The van der Waals surface area contributed by atoms with Crippen LogP contribution in [0.3, 0.4) is 0 Å². The first-order valence-electron chi connectivity index (χ1n) is 15.1. The average Bonchev–Trinajstić information content (AvgIpc) is 3.49. The van der Waals surface area contributed by atoms with E-state index in [9.17, 15) is 4.79 Å². The van der Waals surface area contributed by atoms with Crippen LogP contribution in [-0.2, 0) is 29.0 Å². The van der Waals surface area contributed by atoms with Gasteiger partial charge in [-0.3, -0.25) is 10.2 Å². The minimum absolute atomic E-state index is 0.0432. The van der Waals surface area contributed by atoms with Gasteiger partial charge < -0.3 is 19.3 Å². The smallest absolute Gasteiger partial charge is 0.266 e. The summed E-state index contributed by atoms with van der Waals surface area (Å²) in [6.45, 7) is 0.804. The standard InChI is InChI=1S/C35H35BrN6O5/c1-45-31-10-5-3-8-27(31)23-38-41-34(44)35(21-24-11-15-28(36)16-12-24)32(30-9-4-2-7-26(30)22-39-42-37)47-33(40-35)25-13-17-29(18-14-25)46-20-6-19-43/h2-5,7-18,32,38,43H,6,19-23H2,1H3,(H,41,44)/t32-,35-/m0/s1. The number of hydrogen-bond acceptors (Lipinski definition) is 8. The van der Waals surface area contributed by atoms with E-state index in [0.717, 1.165) is 15.6 Å². The highest BCUT2D eigenvalue weighted by Crippen LogP contribution is 2.44. The van der Waals surface area contributed by atoms with Crippen molar-refractivity contribution in [2.45, 2.75) is 37.6 Å². The predicted octanol–water partition coefficient (Wildman–Crippen LogP) is 6.35. The molecule has 4 aromatic rings. The monoisotopic (exact) mass is 698 g/mol. The van der Waals surface area contributed by atoms with E-state index in [0.29, 0.717) is 47.8 Å². The summed E-state index contributed by atoms with van der Waals surface area (Å²) in [7, 11) is 1.60. The molecule has 0 spiro atoms. The molecule has 0 saturated carbocycles. The van der Waals surface area contributed by atoms with E-state index < -0.39 is 17.6 Å². The third kappa shape index (κ3) is 8.11. The number of amides is 1. The first kappa shape index (κ1) is 33.5. The summed E-state index contributed by atoms with van der Waals surface area (Å²) in [5.41, 5.74) is 17.4. The van der Waals surface area contributed by atoms with Gasteiger partial charge in [-0.05, 0) is 64.7 Å². The minimum atomic E-state index is -1.47. The number of ether oxygens (including phenoxy) is 3. The molecule has 0 bridgehead atoms. The maximum absolute atomic E-state index is 14.5. The second-order valence-electron chi connectivity index (χ2n) is 10.8. The van der Waals surface area contributed by atoms with Crippen molar-refractivity contribution < 1.29 is 24.1 Å². The molecule has 5 rings (SSSR count). The van der Waals surface area contributed by atoms with E-state index in [2.05, 4.69) is 36.8 Å². The summed E-state index contributed by atoms with van der Waals surface area (Å²) in [5, 5.41) is 12.9. The van der Waals surface area contributed by atoms with E-state index in [1.54, 1.807) is 19.2 Å². The van der Waals surface area contributed by atoms with Crippen LogP contribution in [0.4, 0.5) is 0 Å². The molecule has 0 aliphatic carbocycles. The van der Waals surface area contributed by atoms with Crippen LogP contribution in [-0.4, -0.2) is 42.8 Å². The lowest BCUT2D eigenvalue weighted by Gasteiger charge is -2.32. The Labute approximate surface area is 281 Å². The second-order valence-corrected chi connectivity index (χ2v) is 11.7. The SMILES string of the molecule is COc1ccccc1CNNC(=O)[C@@]1(Cc2ccc(Br)cc2)N=C(c2ccc(OCCCO)cc2)O[C@H]1c1ccccc1CN=[N+]=[N-]. The molecule has 0 fully saturated rings. The number of nitrogens with zero attached hydrogens (tertiary/aromatic N) is 4. The molecule has 1 aliphatic heterocycles. The zero-order chi connectivity index (χ0) is 33.1. The van der Waals surface area contributed by atoms with Crippen molar-refractivity contribution in [3.63, 3.8) is 0 Å². The van der Waals surface area contributed by atoms with Gasteiger partial charge in [0, 0.05) is 46.5 Å². The Morgan fingerprint density at radius 2 is 1.77 bits per heavy atom. The topological polar surface area (TPSA) is 150 Å². The number of rotatable bonds is 15. The Morgan fingerprint density at radius 1 is 1.04 bits per heavy atom. The van der Waals surface area contributed by atoms with Crippen molar-refractivity contribution in [2.75, 3.05) is 20.3 Å². The first-order valence-corrected chi connectivity index (χ1v) is 15.9. The summed E-state index contributed by atoms with van der Waals surface area (Å²) in [6.07, 6.45) is -0.151. The maximum Gasteiger partial charge on any atom is 0.266 e. The molecule has 0 radical (unpaired) electrons. The fourth-order valence-electron chi connectivity index (χ4n) is 5.39. The molecule has 0 aromatic heterocycles. The third-order valence-corrected chi connectivity index (χ3v) is 8.26. The number of carbonyl (C=O) groups excluding carboxylic acids is 1. The fraction of sp³-hybridized carbons (Fsp3) is 0.257. The minimum Gasteiger partial charge on any atom is -0.496 e. The average molecular weight is 700 g/mol. The molecule has 1 heterocycles. The van der Waals surface area contributed by atoms with Crippen molar-refractivity contribution in [1.82, 2.24) is 10.9 Å². The molecule has 242 valence electrons. The van der Waals surface area contributed by atoms with E-state index in [-0.39, 0.29) is 25.5 Å².